The van der Waals surface area contributed by atoms with Gasteiger partial charge in [-0.25, -0.2) is 4.98 Å². The Labute approximate surface area is 135 Å². The van der Waals surface area contributed by atoms with Crippen LogP contribution < -0.4 is 0 Å². The molecule has 3 rings (SSSR count). The average Bonchev–Trinajstić information content (AvgIpc) is 3.17. The van der Waals surface area contributed by atoms with Gasteiger partial charge in [-0.1, -0.05) is 24.1 Å². The Hall–Kier alpha value is -1.67. The summed E-state index contributed by atoms with van der Waals surface area (Å²) in [5, 5.41) is 0.890. The van der Waals surface area contributed by atoms with E-state index in [1.54, 1.807) is 18.4 Å². The van der Waals surface area contributed by atoms with Crippen molar-refractivity contribution >= 4 is 11.3 Å². The van der Waals surface area contributed by atoms with E-state index in [1.807, 2.05) is 36.5 Å². The van der Waals surface area contributed by atoms with E-state index in [9.17, 15) is 0 Å². The first-order chi connectivity index (χ1) is 10.8. The van der Waals surface area contributed by atoms with Crippen LogP contribution in [0, 0.1) is 11.8 Å². The molecule has 114 valence electrons. The Bertz CT molecular complexity index is 656. The molecule has 1 aliphatic heterocycles. The number of aromatic nitrogens is 1. The predicted molar refractivity (Wildman–Crippen MR) is 89.8 cm³/mol. The SMILES string of the molecule is COCC1CCCN1Cc1cnc(C#Cc2ccccc2)s1. The van der Waals surface area contributed by atoms with E-state index < -0.39 is 0 Å². The molecule has 0 bridgehead atoms. The van der Waals surface area contributed by atoms with Crippen molar-refractivity contribution in [1.82, 2.24) is 9.88 Å². The first kappa shape index (κ1) is 15.2. The molecule has 4 heteroatoms. The molecule has 0 radical (unpaired) electrons. The van der Waals surface area contributed by atoms with Gasteiger partial charge in [-0.3, -0.25) is 4.90 Å². The maximum atomic E-state index is 5.31. The lowest BCUT2D eigenvalue weighted by Crippen LogP contribution is -2.32. The van der Waals surface area contributed by atoms with Crippen molar-refractivity contribution in [3.05, 3.63) is 52.0 Å². The summed E-state index contributed by atoms with van der Waals surface area (Å²) in [5.41, 5.74) is 1.03. The topological polar surface area (TPSA) is 25.4 Å². The van der Waals surface area contributed by atoms with Gasteiger partial charge in [0.25, 0.3) is 0 Å². The lowest BCUT2D eigenvalue weighted by atomic mass is 10.2. The molecule has 0 N–H and O–H groups in total. The number of thiazole rings is 1. The number of likely N-dealkylation sites (tertiary alicyclic amines) is 1. The minimum Gasteiger partial charge on any atom is -0.383 e. The monoisotopic (exact) mass is 312 g/mol. The van der Waals surface area contributed by atoms with Crippen LogP contribution in [0.15, 0.2) is 36.5 Å². The van der Waals surface area contributed by atoms with Gasteiger partial charge in [-0.05, 0) is 37.4 Å². The second kappa shape index (κ2) is 7.55. The molecule has 0 saturated carbocycles. The first-order valence-corrected chi connectivity index (χ1v) is 8.41. The smallest absolute Gasteiger partial charge is 0.167 e. The highest BCUT2D eigenvalue weighted by Crippen LogP contribution is 2.22. The lowest BCUT2D eigenvalue weighted by molar-refractivity contribution is 0.112. The zero-order valence-electron chi connectivity index (χ0n) is 12.8. The standard InChI is InChI=1S/C18H20N2OS/c1-21-14-16-8-5-11-20(16)13-17-12-19-18(22-17)10-9-15-6-3-2-4-7-15/h2-4,6-7,12,16H,5,8,11,13-14H2,1H3. The molecule has 2 aromatic rings. The third-order valence-electron chi connectivity index (χ3n) is 3.86. The Morgan fingerprint density at radius 1 is 1.32 bits per heavy atom. The van der Waals surface area contributed by atoms with Gasteiger partial charge >= 0.3 is 0 Å². The molecule has 1 aromatic heterocycles. The molecular formula is C18H20N2OS. The van der Waals surface area contributed by atoms with Crippen molar-refractivity contribution in [2.45, 2.75) is 25.4 Å². The lowest BCUT2D eigenvalue weighted by Gasteiger charge is -2.22. The van der Waals surface area contributed by atoms with E-state index in [4.69, 9.17) is 4.74 Å². The molecule has 2 heterocycles. The van der Waals surface area contributed by atoms with Crippen LogP contribution in [0.1, 0.15) is 28.3 Å². The average molecular weight is 312 g/mol. The van der Waals surface area contributed by atoms with E-state index in [0.717, 1.165) is 30.3 Å². The zero-order chi connectivity index (χ0) is 15.2. The highest BCUT2D eigenvalue weighted by Gasteiger charge is 2.24. The molecular weight excluding hydrogens is 292 g/mol. The van der Waals surface area contributed by atoms with Crippen LogP contribution in [0.4, 0.5) is 0 Å². The van der Waals surface area contributed by atoms with Crippen LogP contribution in [0.2, 0.25) is 0 Å². The van der Waals surface area contributed by atoms with Crippen molar-refractivity contribution in [3.63, 3.8) is 0 Å². The number of nitrogens with zero attached hydrogens (tertiary/aromatic N) is 2. The van der Waals surface area contributed by atoms with Gasteiger partial charge < -0.3 is 4.74 Å². The second-order valence-electron chi connectivity index (χ2n) is 5.47. The fraction of sp³-hybridized carbons (Fsp3) is 0.389. The minimum absolute atomic E-state index is 0.547. The quantitative estimate of drug-likeness (QED) is 0.811. The van der Waals surface area contributed by atoms with E-state index in [1.165, 1.54) is 17.7 Å². The maximum absolute atomic E-state index is 5.31. The summed E-state index contributed by atoms with van der Waals surface area (Å²) in [7, 11) is 1.78. The van der Waals surface area contributed by atoms with Crippen LogP contribution in [-0.4, -0.2) is 36.2 Å². The number of hydrogen-bond acceptors (Lipinski definition) is 4. The summed E-state index contributed by atoms with van der Waals surface area (Å²) < 4.78 is 5.31. The van der Waals surface area contributed by atoms with Crippen LogP contribution in [0.5, 0.6) is 0 Å². The number of hydrogen-bond donors (Lipinski definition) is 0. The van der Waals surface area contributed by atoms with E-state index in [2.05, 4.69) is 21.7 Å². The van der Waals surface area contributed by atoms with Crippen LogP contribution in [0.3, 0.4) is 0 Å². The highest BCUT2D eigenvalue weighted by atomic mass is 32.1. The van der Waals surface area contributed by atoms with Crippen LogP contribution in [0.25, 0.3) is 0 Å². The van der Waals surface area contributed by atoms with Gasteiger partial charge in [-0.2, -0.15) is 0 Å². The molecule has 1 atom stereocenters. The predicted octanol–water partition coefficient (Wildman–Crippen LogP) is 3.15. The normalized spacial score (nSPS) is 18.1. The fourth-order valence-electron chi connectivity index (χ4n) is 2.77. The summed E-state index contributed by atoms with van der Waals surface area (Å²) in [6.45, 7) is 2.93. The van der Waals surface area contributed by atoms with Crippen molar-refractivity contribution in [1.29, 1.82) is 0 Å². The Kier molecular flexibility index (Phi) is 5.23. The highest BCUT2D eigenvalue weighted by molar-refractivity contribution is 7.12. The Morgan fingerprint density at radius 2 is 2.18 bits per heavy atom. The maximum Gasteiger partial charge on any atom is 0.167 e. The van der Waals surface area contributed by atoms with E-state index >= 15 is 0 Å². The molecule has 3 nitrogen and oxygen atoms in total. The van der Waals surface area contributed by atoms with Gasteiger partial charge in [-0.15, -0.1) is 11.3 Å². The van der Waals surface area contributed by atoms with Gasteiger partial charge in [0.2, 0.25) is 0 Å². The summed E-state index contributed by atoms with van der Waals surface area (Å²) in [4.78, 5) is 8.20. The van der Waals surface area contributed by atoms with Crippen LogP contribution in [-0.2, 0) is 11.3 Å². The van der Waals surface area contributed by atoms with Gasteiger partial charge in [0, 0.05) is 36.3 Å². The number of ether oxygens (including phenoxy) is 1. The van der Waals surface area contributed by atoms with Crippen molar-refractivity contribution in [2.75, 3.05) is 20.3 Å². The second-order valence-corrected chi connectivity index (χ2v) is 6.58. The molecule has 0 aliphatic carbocycles. The van der Waals surface area contributed by atoms with Gasteiger partial charge in [0.05, 0.1) is 6.61 Å². The van der Waals surface area contributed by atoms with E-state index in [-0.39, 0.29) is 0 Å². The zero-order valence-corrected chi connectivity index (χ0v) is 13.6. The van der Waals surface area contributed by atoms with Crippen molar-refractivity contribution in [3.8, 4) is 11.8 Å². The Morgan fingerprint density at radius 3 is 3.00 bits per heavy atom. The number of rotatable bonds is 4. The van der Waals surface area contributed by atoms with Crippen molar-refractivity contribution < 1.29 is 4.74 Å². The number of methoxy groups -OCH3 is 1. The molecule has 0 spiro atoms. The van der Waals surface area contributed by atoms with Crippen LogP contribution >= 0.6 is 11.3 Å². The summed E-state index contributed by atoms with van der Waals surface area (Å²) in [6, 6.07) is 10.6. The number of benzene rings is 1. The molecule has 1 aliphatic rings. The molecule has 1 unspecified atom stereocenters. The van der Waals surface area contributed by atoms with Gasteiger partial charge in [0.15, 0.2) is 5.01 Å². The van der Waals surface area contributed by atoms with Gasteiger partial charge in [0.1, 0.15) is 0 Å². The third kappa shape index (κ3) is 3.95. The fourth-order valence-corrected chi connectivity index (χ4v) is 3.56. The summed E-state index contributed by atoms with van der Waals surface area (Å²) in [5.74, 6) is 6.32. The Balaban J connectivity index is 1.63. The molecule has 0 amide bonds. The minimum atomic E-state index is 0.547. The third-order valence-corrected chi connectivity index (χ3v) is 4.76. The molecule has 1 fully saturated rings. The first-order valence-electron chi connectivity index (χ1n) is 7.60. The molecule has 1 saturated heterocycles. The summed E-state index contributed by atoms with van der Waals surface area (Å²) in [6.07, 6.45) is 4.45. The summed E-state index contributed by atoms with van der Waals surface area (Å²) >= 11 is 1.69. The largest absolute Gasteiger partial charge is 0.383 e. The molecule has 1 aromatic carbocycles. The molecule has 22 heavy (non-hydrogen) atoms. The van der Waals surface area contributed by atoms with E-state index in [0.29, 0.717) is 6.04 Å². The van der Waals surface area contributed by atoms with Crippen molar-refractivity contribution in [2.24, 2.45) is 0 Å².